The van der Waals surface area contributed by atoms with Crippen LogP contribution >= 0.6 is 0 Å². The number of carbonyl (C=O) groups excluding carboxylic acids is 1. The van der Waals surface area contributed by atoms with Crippen molar-refractivity contribution in [2.75, 3.05) is 13.2 Å². The highest BCUT2D eigenvalue weighted by Crippen LogP contribution is 2.33. The van der Waals surface area contributed by atoms with E-state index >= 15 is 0 Å². The summed E-state index contributed by atoms with van der Waals surface area (Å²) in [4.78, 5) is 17.9. The largest absolute Gasteiger partial charge is 0.387 e. The summed E-state index contributed by atoms with van der Waals surface area (Å²) in [7, 11) is 0. The molecule has 2 aliphatic rings. The summed E-state index contributed by atoms with van der Waals surface area (Å²) in [6.07, 6.45) is 2.65. The van der Waals surface area contributed by atoms with Crippen molar-refractivity contribution < 1.29 is 14.4 Å². The van der Waals surface area contributed by atoms with E-state index in [2.05, 4.69) is 31.2 Å². The van der Waals surface area contributed by atoms with E-state index in [4.69, 9.17) is 9.57 Å². The van der Waals surface area contributed by atoms with Gasteiger partial charge < -0.3 is 14.9 Å². The van der Waals surface area contributed by atoms with Gasteiger partial charge in [-0.1, -0.05) is 56.3 Å². The van der Waals surface area contributed by atoms with Crippen LogP contribution in [0.1, 0.15) is 51.7 Å². The van der Waals surface area contributed by atoms with Gasteiger partial charge in [-0.05, 0) is 23.8 Å². The SMILES string of the molecule is CC(C)(C)C1OCCCC1CNC(=O)C1=NOC(c2ccccc2)C1. The molecule has 1 N–H and O–H groups in total. The Morgan fingerprint density at radius 3 is 2.76 bits per heavy atom. The highest BCUT2D eigenvalue weighted by molar-refractivity contribution is 6.39. The smallest absolute Gasteiger partial charge is 0.269 e. The van der Waals surface area contributed by atoms with Crippen LogP contribution in [-0.2, 0) is 14.4 Å². The number of ether oxygens (including phenoxy) is 1. The highest BCUT2D eigenvalue weighted by Gasteiger charge is 2.36. The third kappa shape index (κ3) is 4.40. The molecule has 136 valence electrons. The lowest BCUT2D eigenvalue weighted by atomic mass is 9.78. The van der Waals surface area contributed by atoms with E-state index < -0.39 is 0 Å². The molecule has 0 saturated carbocycles. The van der Waals surface area contributed by atoms with Crippen molar-refractivity contribution in [3.63, 3.8) is 0 Å². The summed E-state index contributed by atoms with van der Waals surface area (Å²) >= 11 is 0. The maximum absolute atomic E-state index is 12.5. The van der Waals surface area contributed by atoms with Crippen molar-refractivity contribution in [1.29, 1.82) is 0 Å². The van der Waals surface area contributed by atoms with E-state index in [1.165, 1.54) is 0 Å². The Balaban J connectivity index is 1.53. The third-order valence-electron chi connectivity index (χ3n) is 4.93. The lowest BCUT2D eigenvalue weighted by molar-refractivity contribution is -0.117. The van der Waals surface area contributed by atoms with Gasteiger partial charge in [0.1, 0.15) is 5.71 Å². The molecule has 3 rings (SSSR count). The maximum atomic E-state index is 12.5. The van der Waals surface area contributed by atoms with Gasteiger partial charge in [-0.25, -0.2) is 0 Å². The Morgan fingerprint density at radius 2 is 2.04 bits per heavy atom. The van der Waals surface area contributed by atoms with E-state index in [-0.39, 0.29) is 23.5 Å². The summed E-state index contributed by atoms with van der Waals surface area (Å²) in [6, 6.07) is 9.88. The van der Waals surface area contributed by atoms with E-state index in [0.29, 0.717) is 24.6 Å². The molecule has 3 atom stereocenters. The van der Waals surface area contributed by atoms with Gasteiger partial charge in [-0.3, -0.25) is 4.79 Å². The van der Waals surface area contributed by atoms with Crippen molar-refractivity contribution in [2.24, 2.45) is 16.5 Å². The van der Waals surface area contributed by atoms with Gasteiger partial charge in [-0.2, -0.15) is 0 Å². The predicted octanol–water partition coefficient (Wildman–Crippen LogP) is 3.46. The van der Waals surface area contributed by atoms with Crippen molar-refractivity contribution >= 4 is 11.6 Å². The number of nitrogens with one attached hydrogen (secondary N) is 1. The first kappa shape index (κ1) is 17.9. The monoisotopic (exact) mass is 344 g/mol. The molecule has 5 heteroatoms. The lowest BCUT2D eigenvalue weighted by Crippen LogP contribution is -2.46. The fourth-order valence-electron chi connectivity index (χ4n) is 3.69. The van der Waals surface area contributed by atoms with Crippen molar-refractivity contribution in [1.82, 2.24) is 5.32 Å². The molecule has 0 aromatic heterocycles. The Labute approximate surface area is 149 Å². The standard InChI is InChI=1S/C20H28N2O3/c1-20(2,3)18-15(10-7-11-24-18)13-21-19(23)16-12-17(25-22-16)14-8-5-4-6-9-14/h4-6,8-9,15,17-18H,7,10-13H2,1-3H3,(H,21,23). The van der Waals surface area contributed by atoms with Crippen LogP contribution in [0.2, 0.25) is 0 Å². The number of nitrogens with zero attached hydrogens (tertiary/aromatic N) is 1. The van der Waals surface area contributed by atoms with Crippen LogP contribution in [-0.4, -0.2) is 30.9 Å². The Morgan fingerprint density at radius 1 is 1.28 bits per heavy atom. The number of amides is 1. The van der Waals surface area contributed by atoms with E-state index in [0.717, 1.165) is 25.0 Å². The molecule has 1 fully saturated rings. The molecule has 2 heterocycles. The van der Waals surface area contributed by atoms with Gasteiger partial charge in [0.05, 0.1) is 6.10 Å². The van der Waals surface area contributed by atoms with Crippen molar-refractivity contribution in [2.45, 2.75) is 52.2 Å². The Bertz CT molecular complexity index is 622. The molecule has 1 aromatic carbocycles. The number of rotatable bonds is 4. The molecule has 25 heavy (non-hydrogen) atoms. The highest BCUT2D eigenvalue weighted by atomic mass is 16.6. The summed E-state index contributed by atoms with van der Waals surface area (Å²) in [5.74, 6) is 0.210. The molecule has 1 amide bonds. The second-order valence-corrected chi connectivity index (χ2v) is 8.02. The molecule has 0 bridgehead atoms. The molecule has 5 nitrogen and oxygen atoms in total. The number of benzene rings is 1. The zero-order valence-electron chi connectivity index (χ0n) is 15.3. The summed E-state index contributed by atoms with van der Waals surface area (Å²) in [5, 5.41) is 7.04. The van der Waals surface area contributed by atoms with Crippen molar-refractivity contribution in [3.05, 3.63) is 35.9 Å². The lowest BCUT2D eigenvalue weighted by Gasteiger charge is -2.40. The second-order valence-electron chi connectivity index (χ2n) is 8.02. The molecule has 1 aromatic rings. The quantitative estimate of drug-likeness (QED) is 0.910. The van der Waals surface area contributed by atoms with Gasteiger partial charge in [-0.15, -0.1) is 0 Å². The minimum atomic E-state index is -0.165. The van der Waals surface area contributed by atoms with Crippen LogP contribution in [0.3, 0.4) is 0 Å². The first-order valence-corrected chi connectivity index (χ1v) is 9.12. The fourth-order valence-corrected chi connectivity index (χ4v) is 3.69. The van der Waals surface area contributed by atoms with Gasteiger partial charge >= 0.3 is 0 Å². The molecule has 1 saturated heterocycles. The third-order valence-corrected chi connectivity index (χ3v) is 4.93. The molecule has 0 aliphatic carbocycles. The normalized spacial score (nSPS) is 26.7. The number of carbonyl (C=O) groups is 1. The Kier molecular flexibility index (Phi) is 5.42. The first-order chi connectivity index (χ1) is 11.9. The molecule has 3 unspecified atom stereocenters. The van der Waals surface area contributed by atoms with E-state index in [1.54, 1.807) is 0 Å². The summed E-state index contributed by atoms with van der Waals surface area (Å²) in [5.41, 5.74) is 1.59. The molecule has 2 aliphatic heterocycles. The number of oxime groups is 1. The van der Waals surface area contributed by atoms with Gasteiger partial charge in [0, 0.05) is 25.5 Å². The topological polar surface area (TPSA) is 59.9 Å². The van der Waals surface area contributed by atoms with Crippen LogP contribution in [0.5, 0.6) is 0 Å². The van der Waals surface area contributed by atoms with Crippen LogP contribution < -0.4 is 5.32 Å². The van der Waals surface area contributed by atoms with Crippen LogP contribution in [0.25, 0.3) is 0 Å². The minimum absolute atomic E-state index is 0.0716. The number of hydrogen-bond donors (Lipinski definition) is 1. The predicted molar refractivity (Wildman–Crippen MR) is 97.2 cm³/mol. The molecular weight excluding hydrogens is 316 g/mol. The van der Waals surface area contributed by atoms with Gasteiger partial charge in [0.2, 0.25) is 0 Å². The average Bonchev–Trinajstić information content (AvgIpc) is 3.10. The van der Waals surface area contributed by atoms with Crippen molar-refractivity contribution in [3.8, 4) is 0 Å². The fraction of sp³-hybridized carbons (Fsp3) is 0.600. The zero-order valence-corrected chi connectivity index (χ0v) is 15.3. The zero-order chi connectivity index (χ0) is 17.9. The molecule has 0 spiro atoms. The van der Waals surface area contributed by atoms with E-state index in [9.17, 15) is 4.79 Å². The molecule has 0 radical (unpaired) electrons. The van der Waals surface area contributed by atoms with Gasteiger partial charge in [0.15, 0.2) is 6.10 Å². The average molecular weight is 344 g/mol. The number of hydrogen-bond acceptors (Lipinski definition) is 4. The summed E-state index contributed by atoms with van der Waals surface area (Å²) in [6.45, 7) is 8.01. The van der Waals surface area contributed by atoms with Crippen LogP contribution in [0.15, 0.2) is 35.5 Å². The summed E-state index contributed by atoms with van der Waals surface area (Å²) < 4.78 is 5.98. The van der Waals surface area contributed by atoms with Crippen LogP contribution in [0.4, 0.5) is 0 Å². The first-order valence-electron chi connectivity index (χ1n) is 9.12. The maximum Gasteiger partial charge on any atom is 0.269 e. The molecular formula is C20H28N2O3. The second kappa shape index (κ2) is 7.56. The van der Waals surface area contributed by atoms with E-state index in [1.807, 2.05) is 30.3 Å². The Hall–Kier alpha value is -1.88. The minimum Gasteiger partial charge on any atom is -0.387 e. The van der Waals surface area contributed by atoms with Gasteiger partial charge in [0.25, 0.3) is 5.91 Å². The van der Waals surface area contributed by atoms with Crippen LogP contribution in [0, 0.1) is 11.3 Å².